The molecule has 0 bridgehead atoms. The summed E-state index contributed by atoms with van der Waals surface area (Å²) >= 11 is 0. The third kappa shape index (κ3) is 56.3. The first-order valence-electron chi connectivity index (χ1n) is 30.9. The SMILES string of the molecule is CCCCCCCC/C=C\CCCCCCCCCCCC(=O)NC(COP(=O)(O)OCC[N+](C)(C)C)C(O)/C=C/CC/C=C/CCCCCCCCCCCCCCCCCCCCCCCCCC. The smallest absolute Gasteiger partial charge is 0.387 e. The van der Waals surface area contributed by atoms with Crippen LogP contribution in [-0.2, 0) is 18.4 Å². The van der Waals surface area contributed by atoms with E-state index < -0.39 is 20.0 Å². The summed E-state index contributed by atoms with van der Waals surface area (Å²) in [6.07, 6.45) is 69.8. The van der Waals surface area contributed by atoms with Gasteiger partial charge in [-0.3, -0.25) is 13.8 Å². The number of allylic oxidation sites excluding steroid dienone is 5. The van der Waals surface area contributed by atoms with Gasteiger partial charge in [0.1, 0.15) is 13.2 Å². The monoisotopic (exact) mass is 1020 g/mol. The molecule has 8 nitrogen and oxygen atoms in total. The number of quaternary nitrogens is 1. The molecule has 0 aliphatic carbocycles. The average molecular weight is 1020 g/mol. The molecule has 9 heteroatoms. The van der Waals surface area contributed by atoms with Crippen LogP contribution in [0.3, 0.4) is 0 Å². The van der Waals surface area contributed by atoms with E-state index in [1.165, 1.54) is 244 Å². The average Bonchev–Trinajstić information content (AvgIpc) is 3.33. The number of hydrogen-bond acceptors (Lipinski definition) is 5. The molecule has 0 aliphatic rings. The normalized spacial score (nSPS) is 14.1. The minimum Gasteiger partial charge on any atom is -0.387 e. The maximum absolute atomic E-state index is 13.0. The Hall–Kier alpha value is -1.28. The number of phosphoric ester groups is 1. The third-order valence-electron chi connectivity index (χ3n) is 14.1. The van der Waals surface area contributed by atoms with Crippen LogP contribution in [0.15, 0.2) is 36.5 Å². The number of nitrogens with one attached hydrogen (secondary N) is 1. The molecule has 0 saturated heterocycles. The van der Waals surface area contributed by atoms with E-state index in [0.717, 1.165) is 38.5 Å². The highest BCUT2D eigenvalue weighted by Gasteiger charge is 2.27. The molecule has 3 unspecified atom stereocenters. The molecule has 0 saturated carbocycles. The van der Waals surface area contributed by atoms with Gasteiger partial charge in [-0.05, 0) is 57.8 Å². The lowest BCUT2D eigenvalue weighted by molar-refractivity contribution is -0.870. The molecule has 420 valence electrons. The van der Waals surface area contributed by atoms with Gasteiger partial charge in [-0.15, -0.1) is 0 Å². The number of amides is 1. The highest BCUT2D eigenvalue weighted by atomic mass is 31.2. The molecule has 0 aromatic rings. The molecular formula is C62H122N2O6P+. The van der Waals surface area contributed by atoms with E-state index in [9.17, 15) is 19.4 Å². The number of rotatable bonds is 57. The van der Waals surface area contributed by atoms with Gasteiger partial charge in [0.15, 0.2) is 0 Å². The molecule has 3 N–H and O–H groups in total. The van der Waals surface area contributed by atoms with Crippen LogP contribution < -0.4 is 5.32 Å². The van der Waals surface area contributed by atoms with Crippen molar-refractivity contribution in [2.45, 2.75) is 315 Å². The Balaban J connectivity index is 4.16. The first-order valence-corrected chi connectivity index (χ1v) is 32.4. The Morgan fingerprint density at radius 2 is 0.775 bits per heavy atom. The molecule has 1 amide bonds. The summed E-state index contributed by atoms with van der Waals surface area (Å²) in [6.45, 7) is 4.83. The Kier molecular flexibility index (Phi) is 52.6. The second kappa shape index (κ2) is 53.5. The van der Waals surface area contributed by atoms with Gasteiger partial charge in [0.2, 0.25) is 5.91 Å². The maximum atomic E-state index is 13.0. The zero-order chi connectivity index (χ0) is 52.0. The fourth-order valence-corrected chi connectivity index (χ4v) is 9.97. The molecule has 0 radical (unpaired) electrons. The van der Waals surface area contributed by atoms with E-state index in [1.54, 1.807) is 6.08 Å². The van der Waals surface area contributed by atoms with Crippen LogP contribution in [0.2, 0.25) is 0 Å². The van der Waals surface area contributed by atoms with Crippen LogP contribution in [0.25, 0.3) is 0 Å². The van der Waals surface area contributed by atoms with E-state index in [2.05, 4.69) is 43.5 Å². The van der Waals surface area contributed by atoms with Crippen LogP contribution in [0.5, 0.6) is 0 Å². The van der Waals surface area contributed by atoms with Gasteiger partial charge in [-0.2, -0.15) is 0 Å². The summed E-state index contributed by atoms with van der Waals surface area (Å²) < 4.78 is 23.7. The van der Waals surface area contributed by atoms with E-state index in [0.29, 0.717) is 17.4 Å². The van der Waals surface area contributed by atoms with E-state index in [1.807, 2.05) is 27.2 Å². The van der Waals surface area contributed by atoms with Crippen molar-refractivity contribution in [1.29, 1.82) is 0 Å². The lowest BCUT2D eigenvalue weighted by Gasteiger charge is -2.25. The number of aliphatic hydroxyl groups is 1. The quantitative estimate of drug-likeness (QED) is 0.0243. The van der Waals surface area contributed by atoms with E-state index in [-0.39, 0.29) is 19.1 Å². The van der Waals surface area contributed by atoms with Crippen molar-refractivity contribution >= 4 is 13.7 Å². The van der Waals surface area contributed by atoms with Gasteiger partial charge < -0.3 is 19.8 Å². The Morgan fingerprint density at radius 3 is 1.13 bits per heavy atom. The van der Waals surface area contributed by atoms with Gasteiger partial charge in [0, 0.05) is 6.42 Å². The lowest BCUT2D eigenvalue weighted by Crippen LogP contribution is -2.45. The molecule has 0 heterocycles. The predicted octanol–water partition coefficient (Wildman–Crippen LogP) is 18.9. The van der Waals surface area contributed by atoms with Gasteiger partial charge in [0.25, 0.3) is 0 Å². The minimum atomic E-state index is -4.36. The summed E-state index contributed by atoms with van der Waals surface area (Å²) in [5.74, 6) is -0.186. The fraction of sp³-hybridized carbons (Fsp3) is 0.887. The maximum Gasteiger partial charge on any atom is 0.472 e. The minimum absolute atomic E-state index is 0.0565. The highest BCUT2D eigenvalue weighted by molar-refractivity contribution is 7.47. The predicted molar refractivity (Wildman–Crippen MR) is 309 cm³/mol. The van der Waals surface area contributed by atoms with Crippen LogP contribution in [0.1, 0.15) is 303 Å². The summed E-state index contributed by atoms with van der Waals surface area (Å²) in [4.78, 5) is 23.3. The summed E-state index contributed by atoms with van der Waals surface area (Å²) in [7, 11) is 1.56. The molecule has 0 rings (SSSR count). The van der Waals surface area contributed by atoms with Crippen molar-refractivity contribution in [2.75, 3.05) is 40.9 Å². The molecule has 0 spiro atoms. The molecule has 0 fully saturated rings. The summed E-state index contributed by atoms with van der Waals surface area (Å²) in [5, 5.41) is 13.9. The lowest BCUT2D eigenvalue weighted by atomic mass is 10.0. The van der Waals surface area contributed by atoms with Crippen molar-refractivity contribution < 1.29 is 32.9 Å². The molecule has 0 aromatic carbocycles. The molecule has 71 heavy (non-hydrogen) atoms. The number of carbonyl (C=O) groups is 1. The molecule has 0 aliphatic heterocycles. The topological polar surface area (TPSA) is 105 Å². The number of phosphoric acid groups is 1. The number of unbranched alkanes of at least 4 members (excludes halogenated alkanes) is 40. The Labute approximate surface area is 442 Å². The standard InChI is InChI=1S/C62H121N2O6P/c1-6-8-10-12-14-16-18-20-22-24-26-27-28-29-30-31-32-33-34-35-36-38-39-41-43-45-47-49-51-53-55-61(65)60(59-70-71(67,68)69-58-57-64(3,4)5)63-62(66)56-54-52-50-48-46-44-42-40-37-25-23-21-19-17-15-13-11-9-7-2/h21,23,45,47,53,55,60-61,65H,6-20,22,24-44,46,48-52,54,56-59H2,1-5H3,(H-,63,66,67,68)/p+1/b23-21-,47-45+,55-53+. The van der Waals surface area contributed by atoms with Gasteiger partial charge in [-0.25, -0.2) is 4.57 Å². The van der Waals surface area contributed by atoms with Crippen molar-refractivity contribution in [3.63, 3.8) is 0 Å². The van der Waals surface area contributed by atoms with Crippen LogP contribution in [0.4, 0.5) is 0 Å². The molecule has 0 aromatic heterocycles. The van der Waals surface area contributed by atoms with Crippen LogP contribution in [0, 0.1) is 0 Å². The summed E-state index contributed by atoms with van der Waals surface area (Å²) in [6, 6.07) is -0.865. The fourth-order valence-electron chi connectivity index (χ4n) is 9.23. The first-order chi connectivity index (χ1) is 34.5. The highest BCUT2D eigenvalue weighted by Crippen LogP contribution is 2.43. The van der Waals surface area contributed by atoms with Crippen molar-refractivity contribution in [3.05, 3.63) is 36.5 Å². The number of aliphatic hydroxyl groups excluding tert-OH is 1. The van der Waals surface area contributed by atoms with Crippen LogP contribution in [-0.4, -0.2) is 73.4 Å². The van der Waals surface area contributed by atoms with Crippen molar-refractivity contribution in [2.24, 2.45) is 0 Å². The number of nitrogens with zero attached hydrogens (tertiary/aromatic N) is 1. The van der Waals surface area contributed by atoms with E-state index in [4.69, 9.17) is 9.05 Å². The van der Waals surface area contributed by atoms with E-state index >= 15 is 0 Å². The molecule has 3 atom stereocenters. The summed E-state index contributed by atoms with van der Waals surface area (Å²) in [5.41, 5.74) is 0. The zero-order valence-electron chi connectivity index (χ0n) is 48.0. The third-order valence-corrected chi connectivity index (χ3v) is 15.1. The number of likely N-dealkylation sites (N-methyl/N-ethyl adjacent to an activating group) is 1. The molecular weight excluding hydrogens is 900 g/mol. The first kappa shape index (κ1) is 69.7. The van der Waals surface area contributed by atoms with Crippen LogP contribution >= 0.6 is 7.82 Å². The van der Waals surface area contributed by atoms with Crippen molar-refractivity contribution in [1.82, 2.24) is 5.32 Å². The largest absolute Gasteiger partial charge is 0.472 e. The van der Waals surface area contributed by atoms with Gasteiger partial charge in [-0.1, -0.05) is 275 Å². The Bertz CT molecular complexity index is 1250. The number of hydrogen-bond donors (Lipinski definition) is 3. The zero-order valence-corrected chi connectivity index (χ0v) is 48.9. The van der Waals surface area contributed by atoms with Crippen molar-refractivity contribution in [3.8, 4) is 0 Å². The Morgan fingerprint density at radius 1 is 0.465 bits per heavy atom. The van der Waals surface area contributed by atoms with Gasteiger partial charge >= 0.3 is 7.82 Å². The number of carbonyl (C=O) groups excluding carboxylic acids is 1. The second-order valence-electron chi connectivity index (χ2n) is 22.4. The van der Waals surface area contributed by atoms with Gasteiger partial charge in [0.05, 0.1) is 39.9 Å². The second-order valence-corrected chi connectivity index (χ2v) is 23.9.